The lowest BCUT2D eigenvalue weighted by Crippen LogP contribution is -2.41. The molecule has 0 saturated carbocycles. The number of fused-ring (bicyclic) bond motifs is 1. The number of nitrogens with two attached hydrogens (primary N) is 1. The maximum Gasteiger partial charge on any atom is 0.236 e. The summed E-state index contributed by atoms with van der Waals surface area (Å²) in [6.07, 6.45) is 1.06. The average molecular weight is 204 g/mol. The zero-order chi connectivity index (χ0) is 10.8. The first-order valence-electron chi connectivity index (χ1n) is 5.29. The summed E-state index contributed by atoms with van der Waals surface area (Å²) in [6.45, 7) is 2.40. The molecule has 0 radical (unpaired) electrons. The molecule has 15 heavy (non-hydrogen) atoms. The van der Waals surface area contributed by atoms with Gasteiger partial charge in [-0.05, 0) is 24.5 Å². The monoisotopic (exact) mass is 204 g/mol. The van der Waals surface area contributed by atoms with Crippen LogP contribution in [0.3, 0.4) is 0 Å². The van der Waals surface area contributed by atoms with Crippen LogP contribution in [0.15, 0.2) is 24.3 Å². The molecular weight excluding hydrogens is 188 g/mol. The number of hydrogen-bond acceptors (Lipinski definition) is 2. The third-order valence-electron chi connectivity index (χ3n) is 2.90. The van der Waals surface area contributed by atoms with Gasteiger partial charge >= 0.3 is 0 Å². The van der Waals surface area contributed by atoms with Crippen LogP contribution in [0.1, 0.15) is 24.0 Å². The van der Waals surface area contributed by atoms with Gasteiger partial charge in [0, 0.05) is 12.5 Å². The molecule has 0 heterocycles. The van der Waals surface area contributed by atoms with Crippen molar-refractivity contribution in [3.8, 4) is 0 Å². The number of amides is 1. The van der Waals surface area contributed by atoms with E-state index in [-0.39, 0.29) is 5.91 Å². The lowest BCUT2D eigenvalue weighted by atomic mass is 9.77. The zero-order valence-corrected chi connectivity index (χ0v) is 8.86. The smallest absolute Gasteiger partial charge is 0.236 e. The fourth-order valence-corrected chi connectivity index (χ4v) is 1.93. The van der Waals surface area contributed by atoms with Gasteiger partial charge in [0.1, 0.15) is 0 Å². The van der Waals surface area contributed by atoms with Crippen molar-refractivity contribution in [2.75, 3.05) is 6.54 Å². The zero-order valence-electron chi connectivity index (χ0n) is 8.86. The summed E-state index contributed by atoms with van der Waals surface area (Å²) in [4.78, 5) is 11.3. The number of hydrogen-bond donors (Lipinski definition) is 2. The van der Waals surface area contributed by atoms with Crippen LogP contribution in [-0.2, 0) is 11.2 Å². The van der Waals surface area contributed by atoms with E-state index in [4.69, 9.17) is 5.73 Å². The maximum absolute atomic E-state index is 11.3. The van der Waals surface area contributed by atoms with Crippen molar-refractivity contribution in [3.05, 3.63) is 35.4 Å². The van der Waals surface area contributed by atoms with Crippen LogP contribution in [0.25, 0.3) is 0 Å². The summed E-state index contributed by atoms with van der Waals surface area (Å²) in [5, 5.41) is 2.86. The number of carbonyl (C=O) groups excluding carboxylic acids is 1. The Balaban J connectivity index is 1.88. The molecular formula is C12H16N2O. The number of benzene rings is 1. The molecule has 1 aliphatic rings. The van der Waals surface area contributed by atoms with Crippen LogP contribution in [0.2, 0.25) is 0 Å². The van der Waals surface area contributed by atoms with Gasteiger partial charge in [-0.25, -0.2) is 0 Å². The predicted molar refractivity (Wildman–Crippen MR) is 59.5 cm³/mol. The van der Waals surface area contributed by atoms with Gasteiger partial charge in [0.05, 0.1) is 6.04 Å². The fourth-order valence-electron chi connectivity index (χ4n) is 1.93. The lowest BCUT2D eigenvalue weighted by molar-refractivity contribution is -0.122. The van der Waals surface area contributed by atoms with Crippen molar-refractivity contribution < 1.29 is 4.79 Å². The summed E-state index contributed by atoms with van der Waals surface area (Å²) in [6, 6.07) is 7.94. The van der Waals surface area contributed by atoms with Gasteiger partial charge in [-0.2, -0.15) is 0 Å². The molecule has 0 aromatic heterocycles. The quantitative estimate of drug-likeness (QED) is 0.764. The first kappa shape index (κ1) is 10.2. The fraction of sp³-hybridized carbons (Fsp3) is 0.417. The molecule has 2 rings (SSSR count). The summed E-state index contributed by atoms with van der Waals surface area (Å²) < 4.78 is 0. The second kappa shape index (κ2) is 4.03. The number of carbonyl (C=O) groups is 1. The van der Waals surface area contributed by atoms with E-state index in [1.54, 1.807) is 6.92 Å². The van der Waals surface area contributed by atoms with E-state index < -0.39 is 6.04 Å². The van der Waals surface area contributed by atoms with Crippen molar-refractivity contribution in [1.29, 1.82) is 0 Å². The van der Waals surface area contributed by atoms with E-state index in [1.165, 1.54) is 11.1 Å². The van der Waals surface area contributed by atoms with Gasteiger partial charge in [0.15, 0.2) is 0 Å². The highest BCUT2D eigenvalue weighted by Crippen LogP contribution is 2.33. The largest absolute Gasteiger partial charge is 0.354 e. The molecule has 1 amide bonds. The normalized spacial score (nSPS) is 20.0. The molecule has 80 valence electrons. The minimum atomic E-state index is -0.416. The highest BCUT2D eigenvalue weighted by Gasteiger charge is 2.25. The Morgan fingerprint density at radius 2 is 2.33 bits per heavy atom. The third-order valence-corrected chi connectivity index (χ3v) is 2.90. The molecule has 2 unspecified atom stereocenters. The van der Waals surface area contributed by atoms with Crippen molar-refractivity contribution in [1.82, 2.24) is 5.32 Å². The Morgan fingerprint density at radius 1 is 1.60 bits per heavy atom. The van der Waals surface area contributed by atoms with Crippen LogP contribution in [0.4, 0.5) is 0 Å². The molecule has 1 aromatic carbocycles. The molecule has 3 heteroatoms. The van der Waals surface area contributed by atoms with Gasteiger partial charge in [-0.15, -0.1) is 0 Å². The van der Waals surface area contributed by atoms with E-state index in [0.717, 1.165) is 6.42 Å². The van der Waals surface area contributed by atoms with Crippen molar-refractivity contribution >= 4 is 5.91 Å². The Labute approximate surface area is 89.7 Å². The second-order valence-electron chi connectivity index (χ2n) is 4.13. The highest BCUT2D eigenvalue weighted by molar-refractivity contribution is 5.81. The van der Waals surface area contributed by atoms with Crippen LogP contribution in [0, 0.1) is 0 Å². The molecule has 3 N–H and O–H groups in total. The van der Waals surface area contributed by atoms with Gasteiger partial charge in [-0.1, -0.05) is 24.3 Å². The third kappa shape index (κ3) is 2.02. The molecule has 3 nitrogen and oxygen atoms in total. The standard InChI is InChI=1S/C12H16N2O/c1-8(13)12(15)14-7-10-6-9-4-2-3-5-11(9)10/h2-5,8,10H,6-7,13H2,1H3,(H,14,15). The summed E-state index contributed by atoms with van der Waals surface area (Å²) >= 11 is 0. The van der Waals surface area contributed by atoms with Crippen molar-refractivity contribution in [2.24, 2.45) is 5.73 Å². The topological polar surface area (TPSA) is 55.1 Å². The first-order valence-corrected chi connectivity index (χ1v) is 5.29. The number of rotatable bonds is 3. The minimum Gasteiger partial charge on any atom is -0.354 e. The van der Waals surface area contributed by atoms with Crippen molar-refractivity contribution in [3.63, 3.8) is 0 Å². The van der Waals surface area contributed by atoms with E-state index in [1.807, 2.05) is 6.07 Å². The van der Waals surface area contributed by atoms with Crippen LogP contribution in [-0.4, -0.2) is 18.5 Å². The van der Waals surface area contributed by atoms with Crippen LogP contribution < -0.4 is 11.1 Å². The van der Waals surface area contributed by atoms with Crippen LogP contribution in [0.5, 0.6) is 0 Å². The molecule has 0 spiro atoms. The molecule has 0 aliphatic heterocycles. The van der Waals surface area contributed by atoms with Gasteiger partial charge in [-0.3, -0.25) is 4.79 Å². The Morgan fingerprint density at radius 3 is 3.00 bits per heavy atom. The van der Waals surface area contributed by atoms with Gasteiger partial charge in [0.2, 0.25) is 5.91 Å². The number of nitrogens with one attached hydrogen (secondary N) is 1. The van der Waals surface area contributed by atoms with Crippen LogP contribution >= 0.6 is 0 Å². The predicted octanol–water partition coefficient (Wildman–Crippen LogP) is 0.790. The maximum atomic E-state index is 11.3. The van der Waals surface area contributed by atoms with Gasteiger partial charge in [0.25, 0.3) is 0 Å². The molecule has 1 aliphatic carbocycles. The molecule has 0 saturated heterocycles. The molecule has 2 atom stereocenters. The first-order chi connectivity index (χ1) is 7.18. The summed E-state index contributed by atoms with van der Waals surface area (Å²) in [5.41, 5.74) is 8.23. The lowest BCUT2D eigenvalue weighted by Gasteiger charge is -2.30. The minimum absolute atomic E-state index is 0.0700. The molecule has 1 aromatic rings. The average Bonchev–Trinajstić information content (AvgIpc) is 2.19. The van der Waals surface area contributed by atoms with E-state index in [9.17, 15) is 4.79 Å². The van der Waals surface area contributed by atoms with Crippen molar-refractivity contribution in [2.45, 2.75) is 25.3 Å². The molecule has 0 fully saturated rings. The summed E-state index contributed by atoms with van der Waals surface area (Å²) in [5.74, 6) is 0.406. The second-order valence-corrected chi connectivity index (χ2v) is 4.13. The van der Waals surface area contributed by atoms with Gasteiger partial charge < -0.3 is 11.1 Å². The Bertz CT molecular complexity index is 374. The molecule has 0 bridgehead atoms. The Kier molecular flexibility index (Phi) is 2.73. The highest BCUT2D eigenvalue weighted by atomic mass is 16.2. The SMILES string of the molecule is CC(N)C(=O)NCC1Cc2ccccc21. The van der Waals surface area contributed by atoms with E-state index in [0.29, 0.717) is 12.5 Å². The Hall–Kier alpha value is -1.35. The summed E-state index contributed by atoms with van der Waals surface area (Å²) in [7, 11) is 0. The van der Waals surface area contributed by atoms with E-state index >= 15 is 0 Å². The van der Waals surface area contributed by atoms with E-state index in [2.05, 4.69) is 23.5 Å².